The van der Waals surface area contributed by atoms with Crippen LogP contribution in [0.1, 0.15) is 32.6 Å². The van der Waals surface area contributed by atoms with E-state index in [4.69, 9.17) is 16.3 Å². The molecule has 0 spiro atoms. The van der Waals surface area contributed by atoms with Crippen LogP contribution in [0.2, 0.25) is 5.02 Å². The number of nitrogens with zero attached hydrogens (tertiary/aromatic N) is 2. The van der Waals surface area contributed by atoms with Gasteiger partial charge in [-0.2, -0.15) is 0 Å². The summed E-state index contributed by atoms with van der Waals surface area (Å²) in [6.07, 6.45) is 5.17. The van der Waals surface area contributed by atoms with E-state index < -0.39 is 5.82 Å². The Morgan fingerprint density at radius 3 is 2.84 bits per heavy atom. The van der Waals surface area contributed by atoms with E-state index in [0.29, 0.717) is 47.1 Å². The Kier molecular flexibility index (Phi) is 7.55. The highest BCUT2D eigenvalue weighted by atomic mass is 35.5. The summed E-state index contributed by atoms with van der Waals surface area (Å²) in [7, 11) is 0. The lowest BCUT2D eigenvalue weighted by Crippen LogP contribution is -2.41. The Balaban J connectivity index is 1.47. The van der Waals surface area contributed by atoms with Crippen molar-refractivity contribution in [2.75, 3.05) is 36.9 Å². The first-order valence-electron chi connectivity index (χ1n) is 11.2. The van der Waals surface area contributed by atoms with Crippen molar-refractivity contribution >= 4 is 29.1 Å². The second kappa shape index (κ2) is 10.6. The molecule has 0 saturated carbocycles. The van der Waals surface area contributed by atoms with Gasteiger partial charge in [0.05, 0.1) is 16.6 Å². The van der Waals surface area contributed by atoms with Crippen molar-refractivity contribution in [3.63, 3.8) is 0 Å². The molecule has 0 aliphatic carbocycles. The number of rotatable bonds is 6. The quantitative estimate of drug-likeness (QED) is 0.600. The smallest absolute Gasteiger partial charge is 0.229 e. The number of halogens is 2. The molecule has 2 saturated heterocycles. The van der Waals surface area contributed by atoms with Crippen LogP contribution in [0, 0.1) is 17.7 Å². The molecule has 0 bridgehead atoms. The minimum atomic E-state index is -0.418. The Labute approximate surface area is 192 Å². The molecule has 2 fully saturated rings. The maximum absolute atomic E-state index is 14.4. The zero-order valence-corrected chi connectivity index (χ0v) is 18.9. The number of ether oxygens (including phenoxy) is 1. The molecule has 0 unspecified atom stereocenters. The average Bonchev–Trinajstić information content (AvgIpc) is 2.81. The highest BCUT2D eigenvalue weighted by molar-refractivity contribution is 6.33. The molecule has 2 aromatic heterocycles. The van der Waals surface area contributed by atoms with Gasteiger partial charge in [-0.15, -0.1) is 0 Å². The monoisotopic (exact) mass is 461 g/mol. The number of nitrogens with one attached hydrogen (secondary N) is 3. The number of carbonyl (C=O) groups excluding carboxylic acids is 1. The molecule has 172 valence electrons. The summed E-state index contributed by atoms with van der Waals surface area (Å²) >= 11 is 6.37. The van der Waals surface area contributed by atoms with Crippen molar-refractivity contribution < 1.29 is 13.9 Å². The fraction of sp³-hybridized carbons (Fsp3) is 0.522. The fourth-order valence-electron chi connectivity index (χ4n) is 4.06. The van der Waals surface area contributed by atoms with Gasteiger partial charge in [0.1, 0.15) is 5.82 Å². The summed E-state index contributed by atoms with van der Waals surface area (Å²) in [5, 5.41) is 9.72. The van der Waals surface area contributed by atoms with Crippen LogP contribution in [0.15, 0.2) is 24.4 Å². The minimum absolute atomic E-state index is 0.0731. The predicted molar refractivity (Wildman–Crippen MR) is 123 cm³/mol. The molecular formula is C23H29ClFN5O2. The van der Waals surface area contributed by atoms with Gasteiger partial charge in [-0.1, -0.05) is 11.6 Å². The summed E-state index contributed by atoms with van der Waals surface area (Å²) in [6.45, 7) is 4.87. The van der Waals surface area contributed by atoms with Crippen molar-refractivity contribution in [1.82, 2.24) is 15.3 Å². The van der Waals surface area contributed by atoms with Crippen LogP contribution in [0.3, 0.4) is 0 Å². The molecule has 3 N–H and O–H groups in total. The molecule has 7 nitrogen and oxygen atoms in total. The number of piperidine rings is 1. The third kappa shape index (κ3) is 5.74. The highest BCUT2D eigenvalue weighted by Crippen LogP contribution is 2.30. The van der Waals surface area contributed by atoms with E-state index in [9.17, 15) is 9.18 Å². The van der Waals surface area contributed by atoms with E-state index in [1.54, 1.807) is 12.1 Å². The summed E-state index contributed by atoms with van der Waals surface area (Å²) in [4.78, 5) is 21.3. The maximum Gasteiger partial charge on any atom is 0.229 e. The molecule has 2 aromatic rings. The van der Waals surface area contributed by atoms with Crippen molar-refractivity contribution in [3.8, 4) is 11.3 Å². The lowest BCUT2D eigenvalue weighted by molar-refractivity contribution is -0.120. The van der Waals surface area contributed by atoms with E-state index >= 15 is 0 Å². The van der Waals surface area contributed by atoms with Gasteiger partial charge < -0.3 is 20.7 Å². The minimum Gasteiger partial charge on any atom is -0.381 e. The number of hydrogen-bond donors (Lipinski definition) is 3. The van der Waals surface area contributed by atoms with Gasteiger partial charge in [0.15, 0.2) is 11.6 Å². The van der Waals surface area contributed by atoms with E-state index in [1.165, 1.54) is 12.3 Å². The Bertz CT molecular complexity index is 946. The Morgan fingerprint density at radius 2 is 2.09 bits per heavy atom. The zero-order valence-electron chi connectivity index (χ0n) is 18.2. The van der Waals surface area contributed by atoms with Gasteiger partial charge >= 0.3 is 0 Å². The lowest BCUT2D eigenvalue weighted by atomic mass is 9.95. The summed E-state index contributed by atoms with van der Waals surface area (Å²) in [5.74, 6) is 0.426. The van der Waals surface area contributed by atoms with Crippen LogP contribution in [0.25, 0.3) is 11.3 Å². The molecule has 9 heteroatoms. The van der Waals surface area contributed by atoms with Gasteiger partial charge in [0, 0.05) is 44.1 Å². The van der Waals surface area contributed by atoms with Crippen LogP contribution < -0.4 is 16.0 Å². The number of anilines is 2. The summed E-state index contributed by atoms with van der Waals surface area (Å²) < 4.78 is 19.7. The van der Waals surface area contributed by atoms with E-state index in [1.807, 2.05) is 0 Å². The van der Waals surface area contributed by atoms with Crippen molar-refractivity contribution in [2.45, 2.75) is 38.6 Å². The number of amides is 1. The Hall–Kier alpha value is -2.29. The van der Waals surface area contributed by atoms with Crippen molar-refractivity contribution in [3.05, 3.63) is 35.2 Å². The number of carbonyl (C=O) groups is 1. The molecule has 1 amide bonds. The van der Waals surface area contributed by atoms with E-state index in [-0.39, 0.29) is 17.6 Å². The molecule has 2 atom stereocenters. The second-order valence-electron chi connectivity index (χ2n) is 8.59. The first kappa shape index (κ1) is 22.9. The topological polar surface area (TPSA) is 88.2 Å². The number of hydrogen-bond acceptors (Lipinski definition) is 6. The van der Waals surface area contributed by atoms with Crippen LogP contribution >= 0.6 is 11.6 Å². The molecule has 32 heavy (non-hydrogen) atoms. The molecule has 4 rings (SSSR count). The SMILES string of the molecule is C[C@H]1CC[C@H](C(=O)Nc2cc(-c3ccc(F)c(NCC4CCOCC4)n3)c(Cl)cn2)CN1. The predicted octanol–water partition coefficient (Wildman–Crippen LogP) is 4.10. The van der Waals surface area contributed by atoms with Crippen molar-refractivity contribution in [1.29, 1.82) is 0 Å². The van der Waals surface area contributed by atoms with Crippen LogP contribution in [0.4, 0.5) is 16.0 Å². The molecule has 2 aliphatic heterocycles. The zero-order chi connectivity index (χ0) is 22.5. The standard InChI is InChI=1S/C23H29ClFN5O2/c1-14-2-3-16(12-26-14)23(31)30-21-10-17(18(24)13-27-21)20-5-4-19(25)22(29-20)28-11-15-6-8-32-9-7-15/h4-5,10,13-16,26H,2-3,6-9,11-12H2,1H3,(H,28,29)(H,27,30,31)/t14-,16-/m0/s1. The molecule has 0 radical (unpaired) electrons. The lowest BCUT2D eigenvalue weighted by Gasteiger charge is -2.26. The van der Waals surface area contributed by atoms with Crippen LogP contribution in [0.5, 0.6) is 0 Å². The van der Waals surface area contributed by atoms with Crippen LogP contribution in [-0.4, -0.2) is 48.2 Å². The average molecular weight is 462 g/mol. The van der Waals surface area contributed by atoms with Crippen LogP contribution in [-0.2, 0) is 9.53 Å². The van der Waals surface area contributed by atoms with Gasteiger partial charge in [-0.3, -0.25) is 4.79 Å². The largest absolute Gasteiger partial charge is 0.381 e. The second-order valence-corrected chi connectivity index (χ2v) is 8.99. The van der Waals surface area contributed by atoms with Gasteiger partial charge in [0.25, 0.3) is 0 Å². The molecular weight excluding hydrogens is 433 g/mol. The highest BCUT2D eigenvalue weighted by Gasteiger charge is 2.24. The maximum atomic E-state index is 14.4. The van der Waals surface area contributed by atoms with E-state index in [0.717, 1.165) is 38.9 Å². The van der Waals surface area contributed by atoms with Gasteiger partial charge in [0.2, 0.25) is 5.91 Å². The van der Waals surface area contributed by atoms with Gasteiger partial charge in [-0.05, 0) is 56.7 Å². The molecule has 2 aliphatic rings. The number of pyridine rings is 2. The first-order valence-corrected chi connectivity index (χ1v) is 11.6. The summed E-state index contributed by atoms with van der Waals surface area (Å²) in [5.41, 5.74) is 1.10. The third-order valence-corrected chi connectivity index (χ3v) is 6.46. The Morgan fingerprint density at radius 1 is 1.28 bits per heavy atom. The van der Waals surface area contributed by atoms with Gasteiger partial charge in [-0.25, -0.2) is 14.4 Å². The number of aromatic nitrogens is 2. The summed E-state index contributed by atoms with van der Waals surface area (Å²) in [6, 6.07) is 5.06. The third-order valence-electron chi connectivity index (χ3n) is 6.16. The van der Waals surface area contributed by atoms with Crippen molar-refractivity contribution in [2.24, 2.45) is 11.8 Å². The first-order chi connectivity index (χ1) is 15.5. The normalized spacial score (nSPS) is 21.8. The molecule has 4 heterocycles. The fourth-order valence-corrected chi connectivity index (χ4v) is 4.26. The van der Waals surface area contributed by atoms with E-state index in [2.05, 4.69) is 32.8 Å². The molecule has 0 aromatic carbocycles.